The van der Waals surface area contributed by atoms with Gasteiger partial charge in [-0.25, -0.2) is 0 Å². The van der Waals surface area contributed by atoms with Crippen LogP contribution in [0.1, 0.15) is 31.7 Å². The molecule has 0 fully saturated rings. The molecule has 0 atom stereocenters. The Hall–Kier alpha value is -3.47. The second-order valence-electron chi connectivity index (χ2n) is 9.15. The highest BCUT2D eigenvalue weighted by Crippen LogP contribution is 2.40. The van der Waals surface area contributed by atoms with E-state index < -0.39 is 11.7 Å². The number of benzene rings is 3. The topological polar surface area (TPSA) is 115 Å². The second-order valence-corrected chi connectivity index (χ2v) is 9.15. The summed E-state index contributed by atoms with van der Waals surface area (Å²) in [5.74, 6) is 1.86. The van der Waals surface area contributed by atoms with Gasteiger partial charge in [0.05, 0.1) is 18.8 Å². The highest BCUT2D eigenvalue weighted by Gasteiger charge is 2.31. The van der Waals surface area contributed by atoms with Gasteiger partial charge in [0.2, 0.25) is 0 Å². The van der Waals surface area contributed by atoms with Crippen molar-refractivity contribution >= 4 is 0 Å². The van der Waals surface area contributed by atoms with Crippen LogP contribution in [0.3, 0.4) is 0 Å². The van der Waals surface area contributed by atoms with E-state index in [-0.39, 0.29) is 19.8 Å². The Bertz CT molecular complexity index is 1140. The second kappa shape index (κ2) is 15.4. The summed E-state index contributed by atoms with van der Waals surface area (Å²) >= 11 is 0. The summed E-state index contributed by atoms with van der Waals surface area (Å²) in [5, 5.41) is 0. The van der Waals surface area contributed by atoms with Gasteiger partial charge >= 0.3 is 6.18 Å². The lowest BCUT2D eigenvalue weighted by molar-refractivity contribution is -0.137. The Kier molecular flexibility index (Phi) is 11.9. The first-order valence-electron chi connectivity index (χ1n) is 13.4. The molecule has 0 spiro atoms. The van der Waals surface area contributed by atoms with Gasteiger partial charge in [0.25, 0.3) is 0 Å². The Morgan fingerprint density at radius 1 is 0.525 bits per heavy atom. The van der Waals surface area contributed by atoms with Crippen LogP contribution in [0.5, 0.6) is 23.0 Å². The fourth-order valence-electron chi connectivity index (χ4n) is 3.90. The smallest absolute Gasteiger partial charge is 0.416 e. The van der Waals surface area contributed by atoms with Crippen LogP contribution in [0, 0.1) is 0 Å². The van der Waals surface area contributed by atoms with Gasteiger partial charge in [-0.3, -0.25) is 0 Å². The number of nitrogens with two attached hydrogens (primary N) is 3. The Labute approximate surface area is 233 Å². The van der Waals surface area contributed by atoms with E-state index in [2.05, 4.69) is 0 Å². The lowest BCUT2D eigenvalue weighted by Crippen LogP contribution is -2.11. The standard InChI is InChI=1S/C30H38F3N3O4/c1-2-3-8-37-26-15-23(17-28(19-26)39-10-6-35)21-12-22(14-25(13-21)30(31,32)33)24-16-27(38-9-4-5-34)20-29(18-24)40-11-7-36/h12-20H,2-11,34-36H2,1H3. The van der Waals surface area contributed by atoms with E-state index in [1.165, 1.54) is 0 Å². The van der Waals surface area contributed by atoms with Crippen LogP contribution in [-0.4, -0.2) is 46.1 Å². The van der Waals surface area contributed by atoms with Crippen LogP contribution in [0.25, 0.3) is 22.3 Å². The van der Waals surface area contributed by atoms with Gasteiger partial charge in [-0.2, -0.15) is 13.2 Å². The van der Waals surface area contributed by atoms with Gasteiger partial charge in [-0.15, -0.1) is 0 Å². The molecule has 7 nitrogen and oxygen atoms in total. The highest BCUT2D eigenvalue weighted by molar-refractivity contribution is 5.77. The first-order valence-corrected chi connectivity index (χ1v) is 13.4. The van der Waals surface area contributed by atoms with Crippen molar-refractivity contribution in [1.82, 2.24) is 0 Å². The van der Waals surface area contributed by atoms with Gasteiger partial charge in [0.15, 0.2) is 0 Å². The quantitative estimate of drug-likeness (QED) is 0.195. The van der Waals surface area contributed by atoms with Gasteiger partial charge in [0, 0.05) is 25.2 Å². The lowest BCUT2D eigenvalue weighted by atomic mass is 9.95. The Morgan fingerprint density at radius 3 is 1.30 bits per heavy atom. The van der Waals surface area contributed by atoms with Crippen LogP contribution in [0.2, 0.25) is 0 Å². The van der Waals surface area contributed by atoms with Crippen LogP contribution in [-0.2, 0) is 6.18 Å². The van der Waals surface area contributed by atoms with Crippen LogP contribution in [0.4, 0.5) is 13.2 Å². The van der Waals surface area contributed by atoms with Crippen molar-refractivity contribution in [3.8, 4) is 45.3 Å². The summed E-state index contributed by atoms with van der Waals surface area (Å²) in [6.07, 6.45) is -2.16. The van der Waals surface area contributed by atoms with Gasteiger partial charge in [-0.05, 0) is 84.1 Å². The molecule has 6 N–H and O–H groups in total. The third-order valence-electron chi connectivity index (χ3n) is 5.84. The van der Waals surface area contributed by atoms with Crippen molar-refractivity contribution in [3.05, 3.63) is 60.2 Å². The zero-order valence-corrected chi connectivity index (χ0v) is 22.8. The molecule has 0 saturated heterocycles. The first kappa shape index (κ1) is 31.1. The molecule has 3 aromatic carbocycles. The summed E-state index contributed by atoms with van der Waals surface area (Å²) in [7, 11) is 0. The van der Waals surface area contributed by atoms with Crippen molar-refractivity contribution < 1.29 is 32.1 Å². The van der Waals surface area contributed by atoms with E-state index in [0.29, 0.717) is 78.0 Å². The zero-order valence-electron chi connectivity index (χ0n) is 22.8. The minimum Gasteiger partial charge on any atom is -0.493 e. The summed E-state index contributed by atoms with van der Waals surface area (Å²) in [6.45, 7) is 4.42. The van der Waals surface area contributed by atoms with E-state index in [1.807, 2.05) is 6.92 Å². The van der Waals surface area contributed by atoms with Crippen molar-refractivity contribution in [2.45, 2.75) is 32.4 Å². The number of alkyl halides is 3. The van der Waals surface area contributed by atoms with Crippen LogP contribution in [0.15, 0.2) is 54.6 Å². The monoisotopic (exact) mass is 561 g/mol. The fourth-order valence-corrected chi connectivity index (χ4v) is 3.90. The highest BCUT2D eigenvalue weighted by atomic mass is 19.4. The average molecular weight is 562 g/mol. The molecule has 0 saturated carbocycles. The molecular weight excluding hydrogens is 523 g/mol. The third kappa shape index (κ3) is 9.32. The molecular formula is C30H38F3N3O4. The molecule has 0 unspecified atom stereocenters. The molecule has 3 aromatic rings. The summed E-state index contributed by atoms with van der Waals surface area (Å²) in [5.41, 5.74) is 17.7. The molecule has 0 aliphatic rings. The normalized spacial score (nSPS) is 11.4. The molecule has 40 heavy (non-hydrogen) atoms. The lowest BCUT2D eigenvalue weighted by Gasteiger charge is -2.17. The maximum absolute atomic E-state index is 14.1. The van der Waals surface area contributed by atoms with E-state index in [4.69, 9.17) is 36.1 Å². The number of hydrogen-bond acceptors (Lipinski definition) is 7. The first-order chi connectivity index (χ1) is 19.3. The molecule has 0 heterocycles. The summed E-state index contributed by atoms with van der Waals surface area (Å²) < 4.78 is 65.4. The average Bonchev–Trinajstić information content (AvgIpc) is 2.94. The van der Waals surface area contributed by atoms with E-state index in [0.717, 1.165) is 25.0 Å². The van der Waals surface area contributed by atoms with Gasteiger partial charge in [-0.1, -0.05) is 13.3 Å². The molecule has 3 rings (SSSR count). The molecule has 0 amide bonds. The minimum atomic E-state index is -4.58. The Morgan fingerprint density at radius 2 is 0.925 bits per heavy atom. The minimum absolute atomic E-state index is 0.246. The molecule has 10 heteroatoms. The predicted molar refractivity (Wildman–Crippen MR) is 151 cm³/mol. The third-order valence-corrected chi connectivity index (χ3v) is 5.84. The number of halogens is 3. The number of rotatable bonds is 16. The van der Waals surface area contributed by atoms with Crippen molar-refractivity contribution in [2.75, 3.05) is 46.1 Å². The fraction of sp³-hybridized carbons (Fsp3) is 0.400. The molecule has 218 valence electrons. The Balaban J connectivity index is 2.13. The maximum atomic E-state index is 14.1. The van der Waals surface area contributed by atoms with Crippen molar-refractivity contribution in [3.63, 3.8) is 0 Å². The molecule has 0 aliphatic heterocycles. The molecule has 0 radical (unpaired) electrons. The molecule has 0 bridgehead atoms. The maximum Gasteiger partial charge on any atom is 0.416 e. The van der Waals surface area contributed by atoms with Gasteiger partial charge < -0.3 is 36.1 Å². The number of hydrogen-bond donors (Lipinski definition) is 3. The summed E-state index contributed by atoms with van der Waals surface area (Å²) in [6, 6.07) is 14.1. The zero-order chi connectivity index (χ0) is 29.0. The molecule has 0 aliphatic carbocycles. The number of unbranched alkanes of at least 4 members (excludes halogenated alkanes) is 1. The van der Waals surface area contributed by atoms with E-state index in [1.54, 1.807) is 42.5 Å². The van der Waals surface area contributed by atoms with Crippen LogP contribution >= 0.6 is 0 Å². The van der Waals surface area contributed by atoms with Crippen molar-refractivity contribution in [1.29, 1.82) is 0 Å². The van der Waals surface area contributed by atoms with Crippen molar-refractivity contribution in [2.24, 2.45) is 17.2 Å². The SMILES string of the molecule is CCCCOc1cc(OCCN)cc(-c2cc(-c3cc(OCCN)cc(OCCCN)c3)cc(C(F)(F)F)c2)c1. The van der Waals surface area contributed by atoms with E-state index >= 15 is 0 Å². The summed E-state index contributed by atoms with van der Waals surface area (Å²) in [4.78, 5) is 0. The van der Waals surface area contributed by atoms with Gasteiger partial charge in [0.1, 0.15) is 36.2 Å². The predicted octanol–water partition coefficient (Wildman–Crippen LogP) is 5.62. The largest absolute Gasteiger partial charge is 0.493 e. The number of ether oxygens (including phenoxy) is 4. The molecule has 0 aromatic heterocycles. The van der Waals surface area contributed by atoms with E-state index in [9.17, 15) is 13.2 Å². The van der Waals surface area contributed by atoms with Crippen LogP contribution < -0.4 is 36.1 Å².